The Kier molecular flexibility index (Phi) is 4.76. The third-order valence-corrected chi connectivity index (χ3v) is 4.38. The van der Waals surface area contributed by atoms with E-state index in [0.29, 0.717) is 19.7 Å². The van der Waals surface area contributed by atoms with Gasteiger partial charge in [-0.2, -0.15) is 0 Å². The first-order valence-corrected chi connectivity index (χ1v) is 8.17. The fourth-order valence-corrected chi connectivity index (χ4v) is 3.24. The Balaban J connectivity index is 1.66. The lowest BCUT2D eigenvalue weighted by molar-refractivity contribution is -0.149. The van der Waals surface area contributed by atoms with Gasteiger partial charge in [0.25, 0.3) is 0 Å². The number of H-pyrrole nitrogens is 1. The zero-order chi connectivity index (χ0) is 16.2. The summed E-state index contributed by atoms with van der Waals surface area (Å²) in [5.74, 6) is -0.164. The molecule has 23 heavy (non-hydrogen) atoms. The molecule has 0 bridgehead atoms. The summed E-state index contributed by atoms with van der Waals surface area (Å²) in [5.41, 5.74) is 1.69. The van der Waals surface area contributed by atoms with Crippen molar-refractivity contribution in [2.75, 3.05) is 26.2 Å². The van der Waals surface area contributed by atoms with Crippen LogP contribution in [0.1, 0.15) is 30.1 Å². The van der Waals surface area contributed by atoms with Crippen molar-refractivity contribution in [3.63, 3.8) is 0 Å². The number of rotatable bonds is 5. The van der Waals surface area contributed by atoms with Crippen molar-refractivity contribution in [3.8, 4) is 0 Å². The van der Waals surface area contributed by atoms with E-state index in [9.17, 15) is 9.59 Å². The summed E-state index contributed by atoms with van der Waals surface area (Å²) in [4.78, 5) is 29.7. The molecule has 1 aliphatic heterocycles. The van der Waals surface area contributed by atoms with Gasteiger partial charge in [0.05, 0.1) is 19.1 Å². The molecule has 5 nitrogen and oxygen atoms in total. The Bertz CT molecular complexity index is 707. The molecule has 1 saturated heterocycles. The molecule has 1 aromatic heterocycles. The number of piperidine rings is 1. The summed E-state index contributed by atoms with van der Waals surface area (Å²) in [7, 11) is 0. The number of benzene rings is 1. The second kappa shape index (κ2) is 6.96. The third kappa shape index (κ3) is 3.45. The van der Waals surface area contributed by atoms with Crippen molar-refractivity contribution >= 4 is 22.7 Å². The van der Waals surface area contributed by atoms with Gasteiger partial charge in [-0.1, -0.05) is 18.2 Å². The predicted octanol–water partition coefficient (Wildman–Crippen LogP) is 2.63. The molecule has 0 amide bonds. The van der Waals surface area contributed by atoms with E-state index in [1.54, 1.807) is 6.20 Å². The van der Waals surface area contributed by atoms with Crippen LogP contribution in [0.3, 0.4) is 0 Å². The van der Waals surface area contributed by atoms with E-state index in [4.69, 9.17) is 4.74 Å². The third-order valence-electron chi connectivity index (χ3n) is 4.38. The van der Waals surface area contributed by atoms with Crippen molar-refractivity contribution in [1.82, 2.24) is 9.88 Å². The Morgan fingerprint density at radius 1 is 1.35 bits per heavy atom. The van der Waals surface area contributed by atoms with Crippen LogP contribution in [0, 0.1) is 5.92 Å². The highest BCUT2D eigenvalue weighted by Crippen LogP contribution is 2.21. The van der Waals surface area contributed by atoms with Crippen LogP contribution in [0.2, 0.25) is 0 Å². The van der Waals surface area contributed by atoms with Crippen LogP contribution in [0.5, 0.6) is 0 Å². The van der Waals surface area contributed by atoms with Crippen molar-refractivity contribution < 1.29 is 14.3 Å². The van der Waals surface area contributed by atoms with Gasteiger partial charge in [-0.3, -0.25) is 14.5 Å². The lowest BCUT2D eigenvalue weighted by Crippen LogP contribution is -2.41. The standard InChI is InChI=1S/C18H22N2O3/c1-2-23-18(22)13-6-5-9-20(11-13)12-17(21)15-10-19-16-8-4-3-7-14(15)16/h3-4,7-8,10,13,19H,2,5-6,9,11-12H2,1H3. The molecule has 1 unspecified atom stereocenters. The number of carbonyl (C=O) groups is 2. The van der Waals surface area contributed by atoms with Gasteiger partial charge in [-0.05, 0) is 32.4 Å². The summed E-state index contributed by atoms with van der Waals surface area (Å²) in [6, 6.07) is 7.80. The maximum absolute atomic E-state index is 12.6. The first-order chi connectivity index (χ1) is 11.2. The van der Waals surface area contributed by atoms with Crippen LogP contribution >= 0.6 is 0 Å². The molecule has 2 aromatic rings. The van der Waals surface area contributed by atoms with E-state index in [2.05, 4.69) is 9.88 Å². The average Bonchev–Trinajstić information content (AvgIpc) is 2.99. The van der Waals surface area contributed by atoms with Crippen LogP contribution in [-0.4, -0.2) is 47.9 Å². The Morgan fingerprint density at radius 3 is 3.00 bits per heavy atom. The van der Waals surface area contributed by atoms with Gasteiger partial charge in [-0.15, -0.1) is 0 Å². The molecule has 1 atom stereocenters. The van der Waals surface area contributed by atoms with E-state index < -0.39 is 0 Å². The molecule has 1 aromatic carbocycles. The number of carbonyl (C=O) groups excluding carboxylic acids is 2. The molecule has 0 radical (unpaired) electrons. The lowest BCUT2D eigenvalue weighted by Gasteiger charge is -2.30. The minimum Gasteiger partial charge on any atom is -0.466 e. The first kappa shape index (κ1) is 15.7. The van der Waals surface area contributed by atoms with Gasteiger partial charge in [0.15, 0.2) is 5.78 Å². The zero-order valence-corrected chi connectivity index (χ0v) is 13.4. The molecule has 3 rings (SSSR count). The number of esters is 1. The summed E-state index contributed by atoms with van der Waals surface area (Å²) >= 11 is 0. The Morgan fingerprint density at radius 2 is 2.17 bits per heavy atom. The Hall–Kier alpha value is -2.14. The van der Waals surface area contributed by atoms with Crippen LogP contribution in [0.4, 0.5) is 0 Å². The highest BCUT2D eigenvalue weighted by molar-refractivity contribution is 6.08. The first-order valence-electron chi connectivity index (χ1n) is 8.17. The van der Waals surface area contributed by atoms with E-state index in [1.807, 2.05) is 31.2 Å². The van der Waals surface area contributed by atoms with Gasteiger partial charge in [0.2, 0.25) is 0 Å². The number of aromatic nitrogens is 1. The van der Waals surface area contributed by atoms with E-state index in [1.165, 1.54) is 0 Å². The molecule has 2 heterocycles. The number of ether oxygens (including phenoxy) is 1. The molecule has 122 valence electrons. The molecule has 0 spiro atoms. The normalized spacial score (nSPS) is 18.9. The maximum atomic E-state index is 12.6. The number of likely N-dealkylation sites (tertiary alicyclic amines) is 1. The SMILES string of the molecule is CCOC(=O)C1CCCN(CC(=O)c2c[nH]c3ccccc23)C1. The summed E-state index contributed by atoms with van der Waals surface area (Å²) < 4.78 is 5.11. The second-order valence-electron chi connectivity index (χ2n) is 6.00. The molecule has 1 N–H and O–H groups in total. The summed E-state index contributed by atoms with van der Waals surface area (Å²) in [5, 5.41) is 0.955. The largest absolute Gasteiger partial charge is 0.466 e. The number of ketones is 1. The fraction of sp³-hybridized carbons (Fsp3) is 0.444. The van der Waals surface area contributed by atoms with Crippen molar-refractivity contribution in [2.45, 2.75) is 19.8 Å². The topological polar surface area (TPSA) is 62.4 Å². The highest BCUT2D eigenvalue weighted by Gasteiger charge is 2.28. The number of hydrogen-bond acceptors (Lipinski definition) is 4. The number of para-hydroxylation sites is 1. The quantitative estimate of drug-likeness (QED) is 0.681. The number of nitrogens with one attached hydrogen (secondary N) is 1. The van der Waals surface area contributed by atoms with E-state index in [0.717, 1.165) is 35.9 Å². The zero-order valence-electron chi connectivity index (χ0n) is 13.4. The molecule has 5 heteroatoms. The highest BCUT2D eigenvalue weighted by atomic mass is 16.5. The van der Waals surface area contributed by atoms with Gasteiger partial charge in [0, 0.05) is 29.2 Å². The number of hydrogen-bond donors (Lipinski definition) is 1. The fourth-order valence-electron chi connectivity index (χ4n) is 3.24. The number of fused-ring (bicyclic) bond motifs is 1. The number of aromatic amines is 1. The van der Waals surface area contributed by atoms with Crippen molar-refractivity contribution in [3.05, 3.63) is 36.0 Å². The van der Waals surface area contributed by atoms with Gasteiger partial charge in [-0.25, -0.2) is 0 Å². The van der Waals surface area contributed by atoms with Crippen LogP contribution in [-0.2, 0) is 9.53 Å². The average molecular weight is 314 g/mol. The Labute approximate surface area is 135 Å². The molecule has 1 aliphatic rings. The van der Waals surface area contributed by atoms with Crippen LogP contribution in [0.15, 0.2) is 30.5 Å². The monoisotopic (exact) mass is 314 g/mol. The number of nitrogens with zero attached hydrogens (tertiary/aromatic N) is 1. The van der Waals surface area contributed by atoms with E-state index in [-0.39, 0.29) is 17.7 Å². The minimum atomic E-state index is -0.142. The van der Waals surface area contributed by atoms with E-state index >= 15 is 0 Å². The molecule has 0 aliphatic carbocycles. The smallest absolute Gasteiger partial charge is 0.310 e. The predicted molar refractivity (Wildman–Crippen MR) is 88.4 cm³/mol. The van der Waals surface area contributed by atoms with Crippen LogP contribution in [0.25, 0.3) is 10.9 Å². The lowest BCUT2D eigenvalue weighted by atomic mass is 9.97. The molecule has 1 fully saturated rings. The van der Waals surface area contributed by atoms with Gasteiger partial charge >= 0.3 is 5.97 Å². The van der Waals surface area contributed by atoms with Gasteiger partial charge < -0.3 is 9.72 Å². The van der Waals surface area contributed by atoms with Crippen molar-refractivity contribution in [1.29, 1.82) is 0 Å². The minimum absolute atomic E-state index is 0.0898. The summed E-state index contributed by atoms with van der Waals surface area (Å²) in [6.07, 6.45) is 3.54. The molecular formula is C18H22N2O3. The maximum Gasteiger partial charge on any atom is 0.310 e. The summed E-state index contributed by atoms with van der Waals surface area (Å²) in [6.45, 7) is 4.03. The van der Waals surface area contributed by atoms with Crippen molar-refractivity contribution in [2.24, 2.45) is 5.92 Å². The second-order valence-corrected chi connectivity index (χ2v) is 6.00. The number of Topliss-reactive ketones (excluding diaryl/α,β-unsaturated/α-hetero) is 1. The van der Waals surface area contributed by atoms with Gasteiger partial charge in [0.1, 0.15) is 0 Å². The molecule has 0 saturated carbocycles. The van der Waals surface area contributed by atoms with Crippen LogP contribution < -0.4 is 0 Å². The molecular weight excluding hydrogens is 292 g/mol.